The minimum atomic E-state index is -4.41. The molecule has 0 radical (unpaired) electrons. The van der Waals surface area contributed by atoms with Crippen LogP contribution in [0.3, 0.4) is 0 Å². The van der Waals surface area contributed by atoms with Crippen LogP contribution in [0.25, 0.3) is 0 Å². The van der Waals surface area contributed by atoms with Crippen molar-refractivity contribution in [3.05, 3.63) is 35.5 Å². The van der Waals surface area contributed by atoms with Crippen molar-refractivity contribution in [2.24, 2.45) is 0 Å². The molecule has 0 bridgehead atoms. The predicted octanol–water partition coefficient (Wildman–Crippen LogP) is 3.87. The van der Waals surface area contributed by atoms with E-state index in [1.807, 2.05) is 4.90 Å². The normalized spacial score (nSPS) is 19.8. The van der Waals surface area contributed by atoms with Gasteiger partial charge in [0.05, 0.1) is 22.4 Å². The molecule has 0 saturated carbocycles. The van der Waals surface area contributed by atoms with E-state index in [1.54, 1.807) is 0 Å². The fraction of sp³-hybridized carbons (Fsp3) is 0.579. The van der Waals surface area contributed by atoms with Crippen LogP contribution in [0.2, 0.25) is 0 Å². The van der Waals surface area contributed by atoms with Gasteiger partial charge < -0.3 is 9.47 Å². The highest BCUT2D eigenvalue weighted by molar-refractivity contribution is 7.99. The van der Waals surface area contributed by atoms with Crippen molar-refractivity contribution in [3.63, 3.8) is 0 Å². The summed E-state index contributed by atoms with van der Waals surface area (Å²) in [6, 6.07) is 2.22. The number of alkyl halides is 3. The third-order valence-electron chi connectivity index (χ3n) is 5.42. The number of likely N-dealkylation sites (tertiary alicyclic amines) is 1. The van der Waals surface area contributed by atoms with Gasteiger partial charge in [0.25, 0.3) is 0 Å². The van der Waals surface area contributed by atoms with Crippen molar-refractivity contribution < 1.29 is 18.0 Å². The van der Waals surface area contributed by atoms with Crippen molar-refractivity contribution in [3.8, 4) is 0 Å². The van der Waals surface area contributed by atoms with Gasteiger partial charge in [-0.1, -0.05) is 18.2 Å². The molecular formula is C19H22F3N5OS. The number of carbonyl (C=O) groups is 1. The summed E-state index contributed by atoms with van der Waals surface area (Å²) >= 11 is 1.15. The lowest BCUT2D eigenvalue weighted by Crippen LogP contribution is -2.33. The van der Waals surface area contributed by atoms with Crippen LogP contribution in [-0.2, 0) is 23.9 Å². The Morgan fingerprint density at radius 2 is 2.00 bits per heavy atom. The smallest absolute Gasteiger partial charge is 0.332 e. The molecule has 1 saturated heterocycles. The molecular weight excluding hydrogens is 403 g/mol. The zero-order valence-corrected chi connectivity index (χ0v) is 16.7. The third-order valence-corrected chi connectivity index (χ3v) is 6.35. The Hall–Kier alpha value is -2.10. The van der Waals surface area contributed by atoms with E-state index in [1.165, 1.54) is 12.5 Å². The lowest BCUT2D eigenvalue weighted by molar-refractivity contribution is -0.138. The summed E-state index contributed by atoms with van der Waals surface area (Å²) in [6.07, 6.45) is 2.45. The number of halogens is 3. The molecule has 2 aromatic heterocycles. The second-order valence-corrected chi connectivity index (χ2v) is 8.35. The number of aromatic nitrogens is 4. The highest BCUT2D eigenvalue weighted by Crippen LogP contribution is 2.34. The molecule has 0 aliphatic carbocycles. The standard InChI is InChI=1S/C19H22F3N5OS/c20-19(21,22)13-7-8-16(23-11-13)29-12-17(28)26-10-4-5-14(26)18-25-24-15-6-2-1-3-9-27(15)18/h7-8,11,14H,1-6,9-10,12H2. The Morgan fingerprint density at radius 1 is 1.14 bits per heavy atom. The van der Waals surface area contributed by atoms with Gasteiger partial charge >= 0.3 is 6.18 Å². The van der Waals surface area contributed by atoms with Gasteiger partial charge in [0.15, 0.2) is 5.82 Å². The van der Waals surface area contributed by atoms with Crippen molar-refractivity contribution in [1.29, 1.82) is 0 Å². The molecule has 2 aliphatic heterocycles. The molecule has 0 N–H and O–H groups in total. The lowest BCUT2D eigenvalue weighted by atomic mass is 10.2. The average Bonchev–Trinajstić information content (AvgIpc) is 3.26. The summed E-state index contributed by atoms with van der Waals surface area (Å²) in [5, 5.41) is 9.14. The second-order valence-electron chi connectivity index (χ2n) is 7.35. The summed E-state index contributed by atoms with van der Waals surface area (Å²) < 4.78 is 40.1. The number of carbonyl (C=O) groups excluding carboxylic acids is 1. The first kappa shape index (κ1) is 20.2. The van der Waals surface area contributed by atoms with Crippen LogP contribution < -0.4 is 0 Å². The first-order valence-electron chi connectivity index (χ1n) is 9.81. The van der Waals surface area contributed by atoms with E-state index < -0.39 is 11.7 Å². The van der Waals surface area contributed by atoms with Gasteiger partial charge in [-0.25, -0.2) is 4.98 Å². The fourth-order valence-corrected chi connectivity index (χ4v) is 4.67. The maximum Gasteiger partial charge on any atom is 0.417 e. The Morgan fingerprint density at radius 3 is 2.76 bits per heavy atom. The van der Waals surface area contributed by atoms with E-state index in [0.717, 1.165) is 74.3 Å². The summed E-state index contributed by atoms with van der Waals surface area (Å²) in [6.45, 7) is 1.55. The average molecular weight is 425 g/mol. The highest BCUT2D eigenvalue weighted by Gasteiger charge is 2.34. The van der Waals surface area contributed by atoms with Crippen molar-refractivity contribution >= 4 is 17.7 Å². The van der Waals surface area contributed by atoms with Crippen LogP contribution in [0.1, 0.15) is 55.4 Å². The second kappa shape index (κ2) is 8.33. The maximum atomic E-state index is 12.8. The zero-order chi connectivity index (χ0) is 20.4. The van der Waals surface area contributed by atoms with Gasteiger partial charge in [-0.15, -0.1) is 10.2 Å². The molecule has 1 atom stereocenters. The molecule has 2 aromatic rings. The quantitative estimate of drug-likeness (QED) is 0.696. The van der Waals surface area contributed by atoms with Crippen LogP contribution in [0.15, 0.2) is 23.4 Å². The van der Waals surface area contributed by atoms with Gasteiger partial charge in [-0.3, -0.25) is 4.79 Å². The molecule has 2 aliphatic rings. The third kappa shape index (κ3) is 4.41. The molecule has 10 heteroatoms. The number of fused-ring (bicyclic) bond motifs is 1. The van der Waals surface area contributed by atoms with E-state index in [0.29, 0.717) is 11.6 Å². The molecule has 0 aromatic carbocycles. The Kier molecular flexibility index (Phi) is 5.80. The van der Waals surface area contributed by atoms with Crippen molar-refractivity contribution in [1.82, 2.24) is 24.6 Å². The van der Waals surface area contributed by atoms with Gasteiger partial charge in [0.2, 0.25) is 5.91 Å². The number of hydrogen-bond donors (Lipinski definition) is 0. The van der Waals surface area contributed by atoms with Crippen molar-refractivity contribution in [2.75, 3.05) is 12.3 Å². The monoisotopic (exact) mass is 425 g/mol. The Balaban J connectivity index is 1.41. The highest BCUT2D eigenvalue weighted by atomic mass is 32.2. The minimum Gasteiger partial charge on any atom is -0.332 e. The van der Waals surface area contributed by atoms with E-state index >= 15 is 0 Å². The first-order valence-corrected chi connectivity index (χ1v) is 10.8. The molecule has 29 heavy (non-hydrogen) atoms. The molecule has 156 valence electrons. The molecule has 0 spiro atoms. The Bertz CT molecular complexity index is 868. The fourth-order valence-electron chi connectivity index (χ4n) is 3.94. The summed E-state index contributed by atoms with van der Waals surface area (Å²) in [4.78, 5) is 18.5. The van der Waals surface area contributed by atoms with Crippen molar-refractivity contribution in [2.45, 2.75) is 62.3 Å². The zero-order valence-electron chi connectivity index (χ0n) is 15.9. The molecule has 4 heterocycles. The molecule has 1 fully saturated rings. The van der Waals surface area contributed by atoms with Crippen LogP contribution >= 0.6 is 11.8 Å². The van der Waals surface area contributed by atoms with Crippen LogP contribution in [-0.4, -0.2) is 42.9 Å². The SMILES string of the molecule is O=C(CSc1ccc(C(F)(F)F)cn1)N1CCCC1c1nnc2n1CCCCC2. The maximum absolute atomic E-state index is 12.8. The number of rotatable bonds is 4. The van der Waals surface area contributed by atoms with E-state index in [9.17, 15) is 18.0 Å². The predicted molar refractivity (Wildman–Crippen MR) is 101 cm³/mol. The number of pyridine rings is 1. The molecule has 1 unspecified atom stereocenters. The molecule has 4 rings (SSSR count). The summed E-state index contributed by atoms with van der Waals surface area (Å²) in [5.41, 5.74) is -0.791. The lowest BCUT2D eigenvalue weighted by Gasteiger charge is -2.24. The number of amides is 1. The first-order chi connectivity index (χ1) is 13.9. The van der Waals surface area contributed by atoms with Crippen LogP contribution in [0.5, 0.6) is 0 Å². The minimum absolute atomic E-state index is 0.0508. The number of thioether (sulfide) groups is 1. The molecule has 6 nitrogen and oxygen atoms in total. The number of aryl methyl sites for hydroxylation is 1. The van der Waals surface area contributed by atoms with Gasteiger partial charge in [-0.05, 0) is 37.8 Å². The summed E-state index contributed by atoms with van der Waals surface area (Å²) in [5.74, 6) is 1.95. The molecule has 1 amide bonds. The van der Waals surface area contributed by atoms with E-state index in [-0.39, 0.29) is 17.7 Å². The van der Waals surface area contributed by atoms with Crippen LogP contribution in [0, 0.1) is 0 Å². The number of nitrogens with zero attached hydrogens (tertiary/aromatic N) is 5. The summed E-state index contributed by atoms with van der Waals surface area (Å²) in [7, 11) is 0. The largest absolute Gasteiger partial charge is 0.417 e. The van der Waals surface area contributed by atoms with E-state index in [2.05, 4.69) is 19.7 Å². The van der Waals surface area contributed by atoms with E-state index in [4.69, 9.17) is 0 Å². The van der Waals surface area contributed by atoms with Gasteiger partial charge in [-0.2, -0.15) is 13.2 Å². The Labute approximate surface area is 170 Å². The number of hydrogen-bond acceptors (Lipinski definition) is 5. The van der Waals surface area contributed by atoms with Crippen LogP contribution in [0.4, 0.5) is 13.2 Å². The topological polar surface area (TPSA) is 63.9 Å². The van der Waals surface area contributed by atoms with Gasteiger partial charge in [0.1, 0.15) is 5.82 Å². The van der Waals surface area contributed by atoms with Gasteiger partial charge in [0, 0.05) is 25.7 Å².